The lowest BCUT2D eigenvalue weighted by molar-refractivity contribution is 0.0933. The third-order valence-corrected chi connectivity index (χ3v) is 4.76. The molecule has 1 fully saturated rings. The summed E-state index contributed by atoms with van der Waals surface area (Å²) in [6.45, 7) is 0. The molecule has 0 saturated heterocycles. The molecule has 6 heteroatoms. The van der Waals surface area contributed by atoms with Crippen molar-refractivity contribution in [1.82, 2.24) is 10.3 Å². The Morgan fingerprint density at radius 3 is 2.89 bits per heavy atom. The van der Waals surface area contributed by atoms with Gasteiger partial charge in [0.25, 0.3) is 5.91 Å². The van der Waals surface area contributed by atoms with E-state index in [0.717, 1.165) is 6.42 Å². The third-order valence-electron chi connectivity index (χ3n) is 3.35. The number of hydrogen-bond donors (Lipinski definition) is 2. The largest absolute Gasteiger partial charge is 0.389 e. The molecule has 1 aromatic heterocycles. The van der Waals surface area contributed by atoms with Crippen LogP contribution in [0.5, 0.6) is 0 Å². The predicted octanol–water partition coefficient (Wildman–Crippen LogP) is 1.73. The number of thioether (sulfide) groups is 1. The van der Waals surface area contributed by atoms with Crippen LogP contribution in [0.2, 0.25) is 0 Å². The fourth-order valence-corrected chi connectivity index (χ4v) is 3.35. The van der Waals surface area contributed by atoms with Gasteiger partial charge in [-0.3, -0.25) is 9.78 Å². The van der Waals surface area contributed by atoms with Gasteiger partial charge in [-0.15, -0.1) is 0 Å². The second kappa shape index (κ2) is 6.34. The summed E-state index contributed by atoms with van der Waals surface area (Å²) in [4.78, 5) is 16.5. The maximum Gasteiger partial charge on any atom is 0.270 e. The monoisotopic (exact) mass is 295 g/mol. The van der Waals surface area contributed by atoms with Crippen LogP contribution in [0.4, 0.5) is 0 Å². The Morgan fingerprint density at radius 1 is 1.53 bits per heavy atom. The summed E-state index contributed by atoms with van der Waals surface area (Å²) in [5, 5.41) is 3.57. The maximum atomic E-state index is 12.1. The van der Waals surface area contributed by atoms with E-state index < -0.39 is 0 Å². The van der Waals surface area contributed by atoms with E-state index in [2.05, 4.69) is 16.6 Å². The fourth-order valence-electron chi connectivity index (χ4n) is 2.29. The number of nitrogens with one attached hydrogen (secondary N) is 1. The number of hydrogen-bond acceptors (Lipinski definition) is 4. The quantitative estimate of drug-likeness (QED) is 0.828. The van der Waals surface area contributed by atoms with Gasteiger partial charge in [0.05, 0.1) is 0 Å². The van der Waals surface area contributed by atoms with Crippen LogP contribution in [0.25, 0.3) is 0 Å². The van der Waals surface area contributed by atoms with Crippen molar-refractivity contribution in [3.8, 4) is 0 Å². The van der Waals surface area contributed by atoms with E-state index in [4.69, 9.17) is 18.0 Å². The first-order valence-corrected chi connectivity index (χ1v) is 7.91. The lowest BCUT2D eigenvalue weighted by Crippen LogP contribution is -2.39. The van der Waals surface area contributed by atoms with Crippen LogP contribution in [0.3, 0.4) is 0 Å². The van der Waals surface area contributed by atoms with Crippen LogP contribution in [0.1, 0.15) is 35.3 Å². The molecule has 1 aliphatic rings. The molecule has 0 spiro atoms. The average molecular weight is 295 g/mol. The highest BCUT2D eigenvalue weighted by atomic mass is 32.2. The smallest absolute Gasteiger partial charge is 0.270 e. The van der Waals surface area contributed by atoms with Gasteiger partial charge in [0.1, 0.15) is 10.7 Å². The summed E-state index contributed by atoms with van der Waals surface area (Å²) in [6, 6.07) is 3.64. The van der Waals surface area contributed by atoms with Crippen LogP contribution >= 0.6 is 24.0 Å². The van der Waals surface area contributed by atoms with Gasteiger partial charge in [-0.25, -0.2) is 0 Å². The lowest BCUT2D eigenvalue weighted by Gasteiger charge is -2.18. The minimum atomic E-state index is -0.125. The number of pyridine rings is 1. The summed E-state index contributed by atoms with van der Waals surface area (Å²) in [7, 11) is 0. The highest BCUT2D eigenvalue weighted by molar-refractivity contribution is 7.99. The minimum absolute atomic E-state index is 0.125. The molecule has 1 heterocycles. The Balaban J connectivity index is 2.01. The maximum absolute atomic E-state index is 12.1. The van der Waals surface area contributed by atoms with Gasteiger partial charge in [0, 0.05) is 23.1 Å². The summed E-state index contributed by atoms with van der Waals surface area (Å²) < 4.78 is 0. The highest BCUT2D eigenvalue weighted by Gasteiger charge is 2.28. The van der Waals surface area contributed by atoms with Crippen molar-refractivity contribution in [2.45, 2.75) is 30.6 Å². The van der Waals surface area contributed by atoms with Crippen molar-refractivity contribution < 1.29 is 4.79 Å². The second-order valence-corrected chi connectivity index (χ2v) is 6.10. The fraction of sp³-hybridized carbons (Fsp3) is 0.462. The highest BCUT2D eigenvalue weighted by Crippen LogP contribution is 2.28. The average Bonchev–Trinajstić information content (AvgIpc) is 2.86. The van der Waals surface area contributed by atoms with E-state index >= 15 is 0 Å². The first-order chi connectivity index (χ1) is 9.11. The first kappa shape index (κ1) is 14.3. The molecule has 4 nitrogen and oxygen atoms in total. The van der Waals surface area contributed by atoms with E-state index in [1.165, 1.54) is 19.0 Å². The Morgan fingerprint density at radius 2 is 2.32 bits per heavy atom. The number of aromatic nitrogens is 1. The zero-order valence-corrected chi connectivity index (χ0v) is 12.4. The number of rotatable bonds is 4. The molecule has 2 unspecified atom stereocenters. The topological polar surface area (TPSA) is 68.0 Å². The Bertz CT molecular complexity index is 475. The van der Waals surface area contributed by atoms with Crippen molar-refractivity contribution in [1.29, 1.82) is 0 Å². The van der Waals surface area contributed by atoms with E-state index in [1.807, 2.05) is 11.8 Å². The van der Waals surface area contributed by atoms with Gasteiger partial charge in [0.2, 0.25) is 0 Å². The van der Waals surface area contributed by atoms with Gasteiger partial charge in [-0.2, -0.15) is 11.8 Å². The molecule has 19 heavy (non-hydrogen) atoms. The van der Waals surface area contributed by atoms with Crippen molar-refractivity contribution in [3.63, 3.8) is 0 Å². The standard InChI is InChI=1S/C13H17N3OS2/c1-19-11-4-2-3-9(11)16-13(17)10-6-5-8(7-15-10)12(14)18/h5-7,9,11H,2-4H2,1H3,(H2,14,18)(H,16,17). The van der Waals surface area contributed by atoms with E-state index in [9.17, 15) is 4.79 Å². The van der Waals surface area contributed by atoms with E-state index in [1.54, 1.807) is 12.1 Å². The van der Waals surface area contributed by atoms with Crippen LogP contribution in [0.15, 0.2) is 18.3 Å². The second-order valence-electron chi connectivity index (χ2n) is 4.58. The summed E-state index contributed by atoms with van der Waals surface area (Å²) in [5.41, 5.74) is 6.58. The van der Waals surface area contributed by atoms with Gasteiger partial charge >= 0.3 is 0 Å². The molecule has 2 rings (SSSR count). The van der Waals surface area contributed by atoms with Crippen molar-refractivity contribution in [2.75, 3.05) is 6.26 Å². The molecular weight excluding hydrogens is 278 g/mol. The number of carbonyl (C=O) groups is 1. The number of nitrogens with two attached hydrogens (primary N) is 1. The van der Waals surface area contributed by atoms with Crippen molar-refractivity contribution in [3.05, 3.63) is 29.6 Å². The number of carbonyl (C=O) groups excluding carboxylic acids is 1. The molecule has 0 aliphatic heterocycles. The van der Waals surface area contributed by atoms with Crippen LogP contribution in [-0.4, -0.2) is 33.4 Å². The minimum Gasteiger partial charge on any atom is -0.389 e. The van der Waals surface area contributed by atoms with Crippen molar-refractivity contribution >= 4 is 34.9 Å². The number of thiocarbonyl (C=S) groups is 1. The number of nitrogens with zero attached hydrogens (tertiary/aromatic N) is 1. The lowest BCUT2D eigenvalue weighted by atomic mass is 10.2. The molecule has 0 aromatic carbocycles. The predicted molar refractivity (Wildman–Crippen MR) is 82.5 cm³/mol. The van der Waals surface area contributed by atoms with Gasteiger partial charge in [-0.1, -0.05) is 18.6 Å². The van der Waals surface area contributed by atoms with E-state index in [0.29, 0.717) is 16.5 Å². The SMILES string of the molecule is CSC1CCCC1NC(=O)c1ccc(C(N)=S)cn1. The summed E-state index contributed by atoms with van der Waals surface area (Å²) in [6.07, 6.45) is 7.01. The normalized spacial score (nSPS) is 22.2. The third kappa shape index (κ3) is 3.45. The molecule has 2 atom stereocenters. The van der Waals surface area contributed by atoms with Crippen molar-refractivity contribution in [2.24, 2.45) is 5.73 Å². The van der Waals surface area contributed by atoms with Crippen LogP contribution in [0, 0.1) is 0 Å². The Labute approximate surface area is 122 Å². The molecule has 1 aromatic rings. The molecule has 1 saturated carbocycles. The Kier molecular flexibility index (Phi) is 4.76. The zero-order chi connectivity index (χ0) is 13.8. The zero-order valence-electron chi connectivity index (χ0n) is 10.8. The molecule has 3 N–H and O–H groups in total. The first-order valence-electron chi connectivity index (χ1n) is 6.21. The van der Waals surface area contributed by atoms with Crippen LogP contribution in [-0.2, 0) is 0 Å². The summed E-state index contributed by atoms with van der Waals surface area (Å²) >= 11 is 6.67. The van der Waals surface area contributed by atoms with E-state index in [-0.39, 0.29) is 16.9 Å². The van der Waals surface area contributed by atoms with Gasteiger partial charge in [-0.05, 0) is 31.2 Å². The molecule has 0 bridgehead atoms. The molecule has 0 radical (unpaired) electrons. The Hall–Kier alpha value is -1.14. The number of amides is 1. The van der Waals surface area contributed by atoms with Crippen LogP contribution < -0.4 is 11.1 Å². The molecule has 102 valence electrons. The summed E-state index contributed by atoms with van der Waals surface area (Å²) in [5.74, 6) is -0.125. The van der Waals surface area contributed by atoms with Gasteiger partial charge in [0.15, 0.2) is 0 Å². The van der Waals surface area contributed by atoms with Gasteiger partial charge < -0.3 is 11.1 Å². The molecule has 1 aliphatic carbocycles. The molecular formula is C13H17N3OS2. The molecule has 1 amide bonds.